The van der Waals surface area contributed by atoms with Crippen LogP contribution in [0.15, 0.2) is 48.8 Å². The van der Waals surface area contributed by atoms with Crippen molar-refractivity contribution in [3.8, 4) is 11.3 Å². The second-order valence-corrected chi connectivity index (χ2v) is 9.41. The van der Waals surface area contributed by atoms with Gasteiger partial charge in [0.25, 0.3) is 0 Å². The SMILES string of the molecule is O=C(NCc1cnn(CC(F)(F)F)c1)C1CC(Cc2c(-c3ccc(F)cc3)[nH]c3c(F)cc(F)cc23)C1. The highest BCUT2D eigenvalue weighted by Crippen LogP contribution is 2.41. The Kier molecular flexibility index (Phi) is 6.47. The zero-order valence-electron chi connectivity index (χ0n) is 19.4. The van der Waals surface area contributed by atoms with E-state index in [0.717, 1.165) is 10.7 Å². The molecule has 0 spiro atoms. The van der Waals surface area contributed by atoms with Gasteiger partial charge in [0.15, 0.2) is 0 Å². The first kappa shape index (κ1) is 24.9. The number of alkyl halides is 3. The lowest BCUT2D eigenvalue weighted by molar-refractivity contribution is -0.142. The van der Waals surface area contributed by atoms with Crippen molar-refractivity contribution in [2.75, 3.05) is 0 Å². The average Bonchev–Trinajstić information content (AvgIpc) is 3.38. The number of benzene rings is 2. The third kappa shape index (κ3) is 5.50. The first-order valence-electron chi connectivity index (χ1n) is 11.7. The molecule has 1 fully saturated rings. The number of fused-ring (bicyclic) bond motifs is 1. The van der Waals surface area contributed by atoms with E-state index in [-0.39, 0.29) is 29.8 Å². The second-order valence-electron chi connectivity index (χ2n) is 9.41. The summed E-state index contributed by atoms with van der Waals surface area (Å²) in [4.78, 5) is 15.6. The summed E-state index contributed by atoms with van der Waals surface area (Å²) in [7, 11) is 0. The van der Waals surface area contributed by atoms with Crippen LogP contribution >= 0.6 is 0 Å². The Bertz CT molecular complexity index is 1430. The maximum Gasteiger partial charge on any atom is 0.408 e. The van der Waals surface area contributed by atoms with Gasteiger partial charge >= 0.3 is 6.18 Å². The molecule has 1 amide bonds. The van der Waals surface area contributed by atoms with Crippen molar-refractivity contribution < 1.29 is 31.1 Å². The summed E-state index contributed by atoms with van der Waals surface area (Å²) >= 11 is 0. The number of carbonyl (C=O) groups excluding carboxylic acids is 1. The number of halogens is 6. The quantitative estimate of drug-likeness (QED) is 0.298. The Morgan fingerprint density at radius 2 is 1.81 bits per heavy atom. The van der Waals surface area contributed by atoms with Gasteiger partial charge in [0.1, 0.15) is 24.0 Å². The number of aromatic nitrogens is 3. The Morgan fingerprint density at radius 1 is 1.08 bits per heavy atom. The number of hydrogen-bond acceptors (Lipinski definition) is 2. The van der Waals surface area contributed by atoms with Crippen LogP contribution in [0.1, 0.15) is 24.0 Å². The fourth-order valence-electron chi connectivity index (χ4n) is 4.86. The zero-order chi connectivity index (χ0) is 26.3. The fraction of sp³-hybridized carbons (Fsp3) is 0.308. The smallest absolute Gasteiger partial charge is 0.352 e. The molecule has 2 heterocycles. The van der Waals surface area contributed by atoms with Gasteiger partial charge in [-0.2, -0.15) is 18.3 Å². The summed E-state index contributed by atoms with van der Waals surface area (Å²) in [5.74, 6) is -2.26. The van der Waals surface area contributed by atoms with E-state index in [1.54, 1.807) is 12.1 Å². The Balaban J connectivity index is 1.25. The molecule has 0 atom stereocenters. The van der Waals surface area contributed by atoms with Gasteiger partial charge in [-0.15, -0.1) is 0 Å². The second kappa shape index (κ2) is 9.60. The van der Waals surface area contributed by atoms with E-state index in [9.17, 15) is 31.1 Å². The van der Waals surface area contributed by atoms with Crippen molar-refractivity contribution in [2.24, 2.45) is 11.8 Å². The number of rotatable bonds is 7. The van der Waals surface area contributed by atoms with Crippen LogP contribution in [0.3, 0.4) is 0 Å². The Labute approximate surface area is 207 Å². The molecule has 0 unspecified atom stereocenters. The minimum atomic E-state index is -4.38. The van der Waals surface area contributed by atoms with Crippen LogP contribution in [0.2, 0.25) is 0 Å². The molecular formula is C26H22F6N4O. The molecule has 37 heavy (non-hydrogen) atoms. The number of nitrogens with one attached hydrogen (secondary N) is 2. The highest BCUT2D eigenvalue weighted by Gasteiger charge is 2.35. The Morgan fingerprint density at radius 3 is 2.51 bits per heavy atom. The molecule has 5 nitrogen and oxygen atoms in total. The van der Waals surface area contributed by atoms with Crippen molar-refractivity contribution >= 4 is 16.8 Å². The van der Waals surface area contributed by atoms with Crippen molar-refractivity contribution in [3.63, 3.8) is 0 Å². The monoisotopic (exact) mass is 520 g/mol. The third-order valence-corrected chi connectivity index (χ3v) is 6.66. The van der Waals surface area contributed by atoms with E-state index in [2.05, 4.69) is 15.4 Å². The van der Waals surface area contributed by atoms with Crippen molar-refractivity contribution in [1.29, 1.82) is 0 Å². The van der Waals surface area contributed by atoms with Crippen molar-refractivity contribution in [3.05, 3.63) is 77.4 Å². The summed E-state index contributed by atoms with van der Waals surface area (Å²) in [5.41, 5.74) is 2.52. The van der Waals surface area contributed by atoms with Gasteiger partial charge < -0.3 is 10.3 Å². The summed E-state index contributed by atoms with van der Waals surface area (Å²) < 4.78 is 80.2. The molecule has 0 radical (unpaired) electrons. The van der Waals surface area contributed by atoms with Gasteiger partial charge in [0, 0.05) is 41.4 Å². The number of aromatic amines is 1. The lowest BCUT2D eigenvalue weighted by Crippen LogP contribution is -2.39. The number of nitrogens with zero attached hydrogens (tertiary/aromatic N) is 2. The van der Waals surface area contributed by atoms with Crippen LogP contribution in [-0.2, 0) is 24.3 Å². The molecule has 1 aliphatic rings. The molecule has 0 saturated heterocycles. The van der Waals surface area contributed by atoms with E-state index in [1.807, 2.05) is 0 Å². The predicted octanol–water partition coefficient (Wildman–Crippen LogP) is 5.90. The fourth-order valence-corrected chi connectivity index (χ4v) is 4.86. The summed E-state index contributed by atoms with van der Waals surface area (Å²) in [5, 5.41) is 6.79. The molecule has 0 aliphatic heterocycles. The molecule has 11 heteroatoms. The molecule has 2 aromatic heterocycles. The summed E-state index contributed by atoms with van der Waals surface area (Å²) in [6.45, 7) is -1.14. The molecule has 2 aromatic carbocycles. The molecule has 2 N–H and O–H groups in total. The van der Waals surface area contributed by atoms with Gasteiger partial charge in [-0.3, -0.25) is 9.48 Å². The highest BCUT2D eigenvalue weighted by molar-refractivity contribution is 5.91. The molecule has 4 aromatic rings. The maximum absolute atomic E-state index is 14.5. The van der Waals surface area contributed by atoms with Crippen molar-refractivity contribution in [1.82, 2.24) is 20.1 Å². The lowest BCUT2D eigenvalue weighted by Gasteiger charge is -2.34. The number of carbonyl (C=O) groups is 1. The van der Waals surface area contributed by atoms with E-state index < -0.39 is 30.2 Å². The Hall–Kier alpha value is -3.76. The van der Waals surface area contributed by atoms with Crippen molar-refractivity contribution in [2.45, 2.75) is 38.5 Å². The third-order valence-electron chi connectivity index (χ3n) is 6.66. The molecule has 1 aliphatic carbocycles. The van der Waals surface area contributed by atoms with Gasteiger partial charge in [0.2, 0.25) is 5.91 Å². The molecule has 194 valence electrons. The predicted molar refractivity (Wildman–Crippen MR) is 124 cm³/mol. The van der Waals surface area contributed by atoms with E-state index in [1.165, 1.54) is 30.6 Å². The number of amides is 1. The van der Waals surface area contributed by atoms with Crippen LogP contribution in [-0.4, -0.2) is 26.8 Å². The van der Waals surface area contributed by atoms with Crippen LogP contribution in [0.25, 0.3) is 22.2 Å². The molecular weight excluding hydrogens is 498 g/mol. The van der Waals surface area contributed by atoms with Gasteiger partial charge in [-0.1, -0.05) is 0 Å². The van der Waals surface area contributed by atoms with Crippen LogP contribution in [0, 0.1) is 29.3 Å². The van der Waals surface area contributed by atoms with Gasteiger partial charge in [-0.25, -0.2) is 13.2 Å². The minimum absolute atomic E-state index is 0.0631. The average molecular weight is 520 g/mol. The van der Waals surface area contributed by atoms with E-state index in [0.29, 0.717) is 47.0 Å². The number of H-pyrrole nitrogens is 1. The summed E-state index contributed by atoms with van der Waals surface area (Å²) in [6.07, 6.45) is -0.305. The largest absolute Gasteiger partial charge is 0.408 e. The topological polar surface area (TPSA) is 62.7 Å². The van der Waals surface area contributed by atoms with E-state index in [4.69, 9.17) is 0 Å². The highest BCUT2D eigenvalue weighted by atomic mass is 19.4. The molecule has 1 saturated carbocycles. The van der Waals surface area contributed by atoms with Gasteiger partial charge in [0.05, 0.1) is 11.7 Å². The van der Waals surface area contributed by atoms with Gasteiger partial charge in [-0.05, 0) is 66.6 Å². The zero-order valence-corrected chi connectivity index (χ0v) is 19.4. The summed E-state index contributed by atoms with van der Waals surface area (Å²) in [6, 6.07) is 7.76. The van der Waals surface area contributed by atoms with E-state index >= 15 is 0 Å². The van der Waals surface area contributed by atoms with Crippen LogP contribution < -0.4 is 5.32 Å². The standard InChI is InChI=1S/C26H22F6N4O/c27-18-3-1-16(2-4-18)23-20(21-8-19(28)9-22(29)24(21)35-23)7-14-5-17(6-14)25(37)33-10-15-11-34-36(12-15)13-26(30,31)32/h1-4,8-9,11-12,14,17,35H,5-7,10,13H2,(H,33,37). The maximum atomic E-state index is 14.5. The first-order chi connectivity index (χ1) is 17.6. The lowest BCUT2D eigenvalue weighted by atomic mass is 9.71. The van der Waals surface area contributed by atoms with Crippen LogP contribution in [0.4, 0.5) is 26.3 Å². The molecule has 5 rings (SSSR count). The van der Waals surface area contributed by atoms with Crippen LogP contribution in [0.5, 0.6) is 0 Å². The normalized spacial score (nSPS) is 17.7. The number of hydrogen-bond donors (Lipinski definition) is 2. The first-order valence-corrected chi connectivity index (χ1v) is 11.7. The minimum Gasteiger partial charge on any atom is -0.352 e. The molecule has 0 bridgehead atoms.